The van der Waals surface area contributed by atoms with Crippen LogP contribution in [-0.2, 0) is 0 Å². The van der Waals surface area contributed by atoms with Gasteiger partial charge in [0.05, 0.1) is 11.6 Å². The Hall–Kier alpha value is -3.29. The number of carbonyl (C=O) groups is 1. The van der Waals surface area contributed by atoms with Crippen molar-refractivity contribution in [2.24, 2.45) is 0 Å². The summed E-state index contributed by atoms with van der Waals surface area (Å²) in [5.41, 5.74) is 0.0725. The molecule has 0 atom stereocenters. The number of aromatic nitrogens is 2. The average Bonchev–Trinajstić information content (AvgIpc) is 2.68. The van der Waals surface area contributed by atoms with Gasteiger partial charge in [0.1, 0.15) is 23.1 Å². The van der Waals surface area contributed by atoms with Crippen molar-refractivity contribution in [2.75, 3.05) is 0 Å². The fraction of sp³-hybridized carbons (Fsp3) is 0.286. The average molecular weight is 399 g/mol. The van der Waals surface area contributed by atoms with Crippen molar-refractivity contribution in [3.63, 3.8) is 0 Å². The van der Waals surface area contributed by atoms with E-state index in [0.29, 0.717) is 36.6 Å². The maximum absolute atomic E-state index is 13.3. The predicted octanol–water partition coefficient (Wildman–Crippen LogP) is 3.32. The van der Waals surface area contributed by atoms with E-state index >= 15 is 0 Å². The van der Waals surface area contributed by atoms with Crippen molar-refractivity contribution in [3.8, 4) is 5.75 Å². The van der Waals surface area contributed by atoms with Gasteiger partial charge >= 0.3 is 5.69 Å². The summed E-state index contributed by atoms with van der Waals surface area (Å²) in [6, 6.07) is 10.0. The van der Waals surface area contributed by atoms with Crippen molar-refractivity contribution in [3.05, 3.63) is 70.3 Å². The zero-order valence-electron chi connectivity index (χ0n) is 15.5. The number of hydrogen-bond acceptors (Lipinski definition) is 4. The minimum Gasteiger partial charge on any atom is -0.490 e. The highest BCUT2D eigenvalue weighted by Crippen LogP contribution is 2.25. The number of H-pyrrole nitrogens is 1. The number of hydrogen-bond donors (Lipinski definition) is 2. The third-order valence-corrected chi connectivity index (χ3v) is 5.00. The first-order chi connectivity index (χ1) is 14.0. The molecule has 1 aliphatic rings. The van der Waals surface area contributed by atoms with E-state index in [-0.39, 0.29) is 23.6 Å². The number of ether oxygens (including phenoxy) is 1. The summed E-state index contributed by atoms with van der Waals surface area (Å²) in [6.45, 7) is 0. The first-order valence-corrected chi connectivity index (χ1v) is 9.40. The van der Waals surface area contributed by atoms with Crippen molar-refractivity contribution < 1.29 is 18.3 Å². The molecule has 6 nitrogen and oxygen atoms in total. The lowest BCUT2D eigenvalue weighted by atomic mass is 9.92. The number of rotatable bonds is 4. The molecule has 1 heterocycles. The number of para-hydroxylation sites is 1. The second-order valence-electron chi connectivity index (χ2n) is 7.11. The minimum atomic E-state index is -0.682. The van der Waals surface area contributed by atoms with Gasteiger partial charge in [0, 0.05) is 29.6 Å². The quantitative estimate of drug-likeness (QED) is 0.705. The molecule has 4 rings (SSSR count). The van der Waals surface area contributed by atoms with Gasteiger partial charge < -0.3 is 15.0 Å². The van der Waals surface area contributed by atoms with E-state index in [1.54, 1.807) is 24.3 Å². The van der Waals surface area contributed by atoms with Crippen LogP contribution < -0.4 is 15.7 Å². The van der Waals surface area contributed by atoms with Crippen LogP contribution >= 0.6 is 0 Å². The third kappa shape index (κ3) is 4.42. The lowest BCUT2D eigenvalue weighted by molar-refractivity contribution is 0.0890. The smallest absolute Gasteiger partial charge is 0.346 e. The van der Waals surface area contributed by atoms with Crippen LogP contribution in [0.2, 0.25) is 0 Å². The Labute approximate surface area is 164 Å². The van der Waals surface area contributed by atoms with E-state index in [2.05, 4.69) is 15.3 Å². The van der Waals surface area contributed by atoms with E-state index in [9.17, 15) is 18.4 Å². The SMILES string of the molecule is O=C(NC1CCC(Oc2cc(F)cc(F)c2)CC1)c1nc(=O)[nH]c2ccccc12. The molecule has 1 saturated carbocycles. The van der Waals surface area contributed by atoms with Crippen LogP contribution in [0.5, 0.6) is 5.75 Å². The normalized spacial score (nSPS) is 19.1. The number of aromatic amines is 1. The van der Waals surface area contributed by atoms with E-state index in [1.807, 2.05) is 0 Å². The Morgan fingerprint density at radius 2 is 1.76 bits per heavy atom. The molecule has 150 valence electrons. The summed E-state index contributed by atoms with van der Waals surface area (Å²) >= 11 is 0. The van der Waals surface area contributed by atoms with E-state index < -0.39 is 23.2 Å². The highest BCUT2D eigenvalue weighted by molar-refractivity contribution is 6.04. The topological polar surface area (TPSA) is 84.1 Å². The Balaban J connectivity index is 1.39. The van der Waals surface area contributed by atoms with Crippen molar-refractivity contribution in [1.29, 1.82) is 0 Å². The Morgan fingerprint density at radius 3 is 2.48 bits per heavy atom. The number of benzene rings is 2. The van der Waals surface area contributed by atoms with Gasteiger partial charge in [0.15, 0.2) is 0 Å². The van der Waals surface area contributed by atoms with Crippen molar-refractivity contribution in [2.45, 2.75) is 37.8 Å². The molecular weight excluding hydrogens is 380 g/mol. The summed E-state index contributed by atoms with van der Waals surface area (Å²) in [5.74, 6) is -1.60. The van der Waals surface area contributed by atoms with Crippen LogP contribution in [-0.4, -0.2) is 28.0 Å². The Bertz CT molecular complexity index is 1090. The molecule has 0 saturated heterocycles. The molecule has 0 aliphatic heterocycles. The molecule has 0 bridgehead atoms. The van der Waals surface area contributed by atoms with Gasteiger partial charge in [-0.25, -0.2) is 13.6 Å². The lowest BCUT2D eigenvalue weighted by Crippen LogP contribution is -2.40. The maximum atomic E-state index is 13.3. The van der Waals surface area contributed by atoms with Gasteiger partial charge in [-0.1, -0.05) is 18.2 Å². The minimum absolute atomic E-state index is 0.0913. The monoisotopic (exact) mass is 399 g/mol. The standard InChI is InChI=1S/C21H19F2N3O3/c22-12-9-13(23)11-16(10-12)29-15-7-5-14(6-8-15)24-20(27)19-17-3-1-2-4-18(17)25-21(28)26-19/h1-4,9-11,14-15H,5-8H2,(H,24,27)(H,25,26,28). The summed E-state index contributed by atoms with van der Waals surface area (Å²) in [7, 11) is 0. The van der Waals surface area contributed by atoms with Crippen LogP contribution in [0, 0.1) is 11.6 Å². The van der Waals surface area contributed by atoms with Crippen molar-refractivity contribution >= 4 is 16.8 Å². The molecule has 1 amide bonds. The molecule has 8 heteroatoms. The van der Waals surface area contributed by atoms with Gasteiger partial charge in [0.2, 0.25) is 0 Å². The molecule has 0 spiro atoms. The second-order valence-corrected chi connectivity index (χ2v) is 7.11. The molecule has 0 unspecified atom stereocenters. The molecular formula is C21H19F2N3O3. The number of nitrogens with one attached hydrogen (secondary N) is 2. The largest absolute Gasteiger partial charge is 0.490 e. The first kappa shape index (κ1) is 19.0. The molecule has 1 aliphatic carbocycles. The fourth-order valence-electron chi connectivity index (χ4n) is 3.64. The number of carbonyl (C=O) groups excluding carboxylic acids is 1. The maximum Gasteiger partial charge on any atom is 0.346 e. The van der Waals surface area contributed by atoms with Gasteiger partial charge in [-0.3, -0.25) is 4.79 Å². The highest BCUT2D eigenvalue weighted by Gasteiger charge is 2.25. The molecule has 1 aromatic heterocycles. The summed E-state index contributed by atoms with van der Waals surface area (Å²) in [5, 5.41) is 3.51. The zero-order chi connectivity index (χ0) is 20.4. The molecule has 29 heavy (non-hydrogen) atoms. The summed E-state index contributed by atoms with van der Waals surface area (Å²) < 4.78 is 32.3. The predicted molar refractivity (Wildman–Crippen MR) is 103 cm³/mol. The summed E-state index contributed by atoms with van der Waals surface area (Å²) in [6.07, 6.45) is 2.38. The Kier molecular flexibility index (Phi) is 5.24. The van der Waals surface area contributed by atoms with Gasteiger partial charge in [-0.05, 0) is 31.7 Å². The highest BCUT2D eigenvalue weighted by atomic mass is 19.1. The van der Waals surface area contributed by atoms with Crippen molar-refractivity contribution in [1.82, 2.24) is 15.3 Å². The zero-order valence-corrected chi connectivity index (χ0v) is 15.5. The van der Waals surface area contributed by atoms with E-state index in [1.165, 1.54) is 0 Å². The lowest BCUT2D eigenvalue weighted by Gasteiger charge is -2.29. The molecule has 2 N–H and O–H groups in total. The van der Waals surface area contributed by atoms with Gasteiger partial charge in [-0.2, -0.15) is 4.98 Å². The van der Waals surface area contributed by atoms with Crippen LogP contribution in [0.1, 0.15) is 36.2 Å². The first-order valence-electron chi connectivity index (χ1n) is 9.40. The molecule has 3 aromatic rings. The molecule has 0 radical (unpaired) electrons. The fourth-order valence-corrected chi connectivity index (χ4v) is 3.64. The number of amides is 1. The third-order valence-electron chi connectivity index (χ3n) is 5.00. The number of halogens is 2. The molecule has 1 fully saturated rings. The van der Waals surface area contributed by atoms with Crippen LogP contribution in [0.4, 0.5) is 8.78 Å². The van der Waals surface area contributed by atoms with Gasteiger partial charge in [0.25, 0.3) is 5.91 Å². The van der Waals surface area contributed by atoms with Crippen LogP contribution in [0.25, 0.3) is 10.9 Å². The Morgan fingerprint density at radius 1 is 1.07 bits per heavy atom. The second kappa shape index (κ2) is 7.98. The number of nitrogens with zero attached hydrogens (tertiary/aromatic N) is 1. The van der Waals surface area contributed by atoms with Crippen LogP contribution in [0.3, 0.4) is 0 Å². The van der Waals surface area contributed by atoms with E-state index in [0.717, 1.165) is 18.2 Å². The molecule has 2 aromatic carbocycles. The number of fused-ring (bicyclic) bond motifs is 1. The van der Waals surface area contributed by atoms with Gasteiger partial charge in [-0.15, -0.1) is 0 Å². The van der Waals surface area contributed by atoms with E-state index in [4.69, 9.17) is 4.74 Å². The summed E-state index contributed by atoms with van der Waals surface area (Å²) in [4.78, 5) is 30.9. The van der Waals surface area contributed by atoms with Crippen LogP contribution in [0.15, 0.2) is 47.3 Å².